The van der Waals surface area contributed by atoms with E-state index in [0.717, 1.165) is 11.9 Å². The molecule has 2 rings (SSSR count). The first kappa shape index (κ1) is 12.6. The second-order valence-electron chi connectivity index (χ2n) is 4.60. The van der Waals surface area contributed by atoms with E-state index in [2.05, 4.69) is 0 Å². The number of pyridine rings is 1. The number of hydrogen-bond acceptors (Lipinski definition) is 2. The number of nitrogens with zero attached hydrogens (tertiary/aromatic N) is 1. The van der Waals surface area contributed by atoms with Gasteiger partial charge in [0.2, 0.25) is 0 Å². The van der Waals surface area contributed by atoms with Crippen LogP contribution in [0.3, 0.4) is 0 Å². The number of Topliss-reactive ketones (excluding diaryl/α,β-unsaturated/α-hetero) is 1. The van der Waals surface area contributed by atoms with Gasteiger partial charge >= 0.3 is 0 Å². The van der Waals surface area contributed by atoms with Crippen molar-refractivity contribution in [1.82, 2.24) is 4.57 Å². The van der Waals surface area contributed by atoms with Crippen LogP contribution < -0.4 is 5.43 Å². The number of hydrogen-bond donors (Lipinski definition) is 0. The molecule has 1 unspecified atom stereocenters. The molecule has 0 spiro atoms. The third-order valence-electron chi connectivity index (χ3n) is 3.37. The molecule has 0 radical (unpaired) electrons. The van der Waals surface area contributed by atoms with E-state index in [1.165, 1.54) is 6.07 Å². The molecule has 0 N–H and O–H groups in total. The van der Waals surface area contributed by atoms with Crippen LogP contribution in [0.25, 0.3) is 10.9 Å². The average Bonchev–Trinajstić information content (AvgIpc) is 2.41. The van der Waals surface area contributed by atoms with Crippen molar-refractivity contribution in [2.24, 2.45) is 5.92 Å². The summed E-state index contributed by atoms with van der Waals surface area (Å²) in [6.45, 7) is 4.27. The van der Waals surface area contributed by atoms with Crippen LogP contribution in [-0.2, 0) is 11.3 Å². The molecule has 0 bridgehead atoms. The lowest BCUT2D eigenvalue weighted by molar-refractivity contribution is -0.122. The second-order valence-corrected chi connectivity index (χ2v) is 4.60. The van der Waals surface area contributed by atoms with Gasteiger partial charge in [-0.1, -0.05) is 26.0 Å². The number of rotatable bonds is 4. The van der Waals surface area contributed by atoms with Crippen LogP contribution in [0.2, 0.25) is 0 Å². The Kier molecular flexibility index (Phi) is 3.60. The predicted molar refractivity (Wildman–Crippen MR) is 72.7 cm³/mol. The van der Waals surface area contributed by atoms with Gasteiger partial charge in [-0.15, -0.1) is 0 Å². The molecule has 1 aromatic heterocycles. The first-order chi connectivity index (χ1) is 8.63. The molecule has 3 nitrogen and oxygen atoms in total. The van der Waals surface area contributed by atoms with Crippen LogP contribution in [0, 0.1) is 5.92 Å². The molecule has 1 atom stereocenters. The van der Waals surface area contributed by atoms with Gasteiger partial charge in [-0.25, -0.2) is 0 Å². The van der Waals surface area contributed by atoms with Gasteiger partial charge < -0.3 is 4.57 Å². The Balaban J connectivity index is 2.43. The maximum Gasteiger partial charge on any atom is 0.189 e. The molecule has 0 aliphatic carbocycles. The van der Waals surface area contributed by atoms with E-state index in [9.17, 15) is 9.59 Å². The van der Waals surface area contributed by atoms with Crippen LogP contribution >= 0.6 is 0 Å². The highest BCUT2D eigenvalue weighted by Crippen LogP contribution is 2.11. The predicted octanol–water partition coefficient (Wildman–Crippen LogP) is 2.62. The lowest BCUT2D eigenvalue weighted by atomic mass is 10.0. The van der Waals surface area contributed by atoms with Crippen molar-refractivity contribution in [2.75, 3.05) is 0 Å². The first-order valence-corrected chi connectivity index (χ1v) is 6.24. The van der Waals surface area contributed by atoms with Crippen molar-refractivity contribution in [3.63, 3.8) is 0 Å². The minimum atomic E-state index is -0.00200. The van der Waals surface area contributed by atoms with E-state index in [-0.39, 0.29) is 17.1 Å². The Hall–Kier alpha value is -1.90. The number of carbonyl (C=O) groups is 1. The molecule has 1 heterocycles. The molecule has 3 heteroatoms. The number of ketones is 1. The first-order valence-electron chi connectivity index (χ1n) is 6.24. The zero-order chi connectivity index (χ0) is 13.1. The Bertz CT molecular complexity index is 628. The third-order valence-corrected chi connectivity index (χ3v) is 3.37. The molecule has 0 aliphatic rings. The highest BCUT2D eigenvalue weighted by atomic mass is 16.1. The average molecular weight is 243 g/mol. The summed E-state index contributed by atoms with van der Waals surface area (Å²) < 4.78 is 1.85. The summed E-state index contributed by atoms with van der Waals surface area (Å²) in [4.78, 5) is 23.7. The minimum absolute atomic E-state index is 0.00200. The summed E-state index contributed by atoms with van der Waals surface area (Å²) in [5.74, 6) is 0.259. The highest BCUT2D eigenvalue weighted by molar-refractivity contribution is 5.84. The van der Waals surface area contributed by atoms with Crippen LogP contribution in [0.1, 0.15) is 20.3 Å². The maximum atomic E-state index is 12.0. The molecule has 0 amide bonds. The van der Waals surface area contributed by atoms with E-state index >= 15 is 0 Å². The molecular weight excluding hydrogens is 226 g/mol. The summed E-state index contributed by atoms with van der Waals surface area (Å²) in [5.41, 5.74) is 0.819. The Morgan fingerprint density at radius 1 is 1.28 bits per heavy atom. The molecule has 0 saturated heterocycles. The zero-order valence-electron chi connectivity index (χ0n) is 10.7. The third kappa shape index (κ3) is 2.35. The van der Waals surface area contributed by atoms with E-state index in [0.29, 0.717) is 11.9 Å². The van der Waals surface area contributed by atoms with Crippen molar-refractivity contribution in [3.05, 3.63) is 46.8 Å². The Labute approximate surface area is 106 Å². The normalized spacial score (nSPS) is 12.6. The molecule has 0 fully saturated rings. The van der Waals surface area contributed by atoms with Crippen molar-refractivity contribution >= 4 is 16.7 Å². The van der Waals surface area contributed by atoms with Crippen LogP contribution in [-0.4, -0.2) is 10.4 Å². The van der Waals surface area contributed by atoms with Gasteiger partial charge in [0.1, 0.15) is 0 Å². The van der Waals surface area contributed by atoms with E-state index in [1.807, 2.05) is 36.6 Å². The number of fused-ring (bicyclic) bond motifs is 1. The smallest absolute Gasteiger partial charge is 0.189 e. The van der Waals surface area contributed by atoms with Gasteiger partial charge in [0.25, 0.3) is 0 Å². The summed E-state index contributed by atoms with van der Waals surface area (Å²) in [5, 5.41) is 0.664. The largest absolute Gasteiger partial charge is 0.340 e. The fourth-order valence-corrected chi connectivity index (χ4v) is 1.95. The molecule has 0 saturated carbocycles. The molecule has 2 aromatic rings. The van der Waals surface area contributed by atoms with Crippen molar-refractivity contribution in [2.45, 2.75) is 26.8 Å². The number of carbonyl (C=O) groups excluding carboxylic acids is 1. The van der Waals surface area contributed by atoms with Crippen molar-refractivity contribution < 1.29 is 4.79 Å². The van der Waals surface area contributed by atoms with Gasteiger partial charge in [0.05, 0.1) is 12.1 Å². The van der Waals surface area contributed by atoms with Gasteiger partial charge in [-0.2, -0.15) is 0 Å². The molecule has 18 heavy (non-hydrogen) atoms. The minimum Gasteiger partial charge on any atom is -0.340 e. The Morgan fingerprint density at radius 2 is 2.00 bits per heavy atom. The summed E-state index contributed by atoms with van der Waals surface area (Å²) in [6, 6.07) is 8.91. The van der Waals surface area contributed by atoms with Crippen molar-refractivity contribution in [3.8, 4) is 0 Å². The van der Waals surface area contributed by atoms with Gasteiger partial charge in [-0.05, 0) is 18.6 Å². The topological polar surface area (TPSA) is 39.1 Å². The highest BCUT2D eigenvalue weighted by Gasteiger charge is 2.12. The van der Waals surface area contributed by atoms with Crippen LogP contribution in [0.15, 0.2) is 41.3 Å². The van der Waals surface area contributed by atoms with Crippen molar-refractivity contribution in [1.29, 1.82) is 0 Å². The zero-order valence-corrected chi connectivity index (χ0v) is 10.7. The van der Waals surface area contributed by atoms with E-state index in [1.54, 1.807) is 12.3 Å². The number of benzene rings is 1. The molecule has 1 aromatic carbocycles. The summed E-state index contributed by atoms with van der Waals surface area (Å²) in [6.07, 6.45) is 2.54. The number of aromatic nitrogens is 1. The SMILES string of the molecule is CCC(C)C(=O)Cn1ccc(=O)c2ccccc21. The van der Waals surface area contributed by atoms with Gasteiger partial charge in [0, 0.05) is 23.6 Å². The fraction of sp³-hybridized carbons (Fsp3) is 0.333. The van der Waals surface area contributed by atoms with E-state index < -0.39 is 0 Å². The van der Waals surface area contributed by atoms with Crippen LogP contribution in [0.5, 0.6) is 0 Å². The summed E-state index contributed by atoms with van der Waals surface area (Å²) in [7, 11) is 0. The Morgan fingerprint density at radius 3 is 2.72 bits per heavy atom. The fourth-order valence-electron chi connectivity index (χ4n) is 1.95. The van der Waals surface area contributed by atoms with Crippen LogP contribution in [0.4, 0.5) is 0 Å². The molecular formula is C15H17NO2. The molecule has 0 aliphatic heterocycles. The molecule has 94 valence electrons. The van der Waals surface area contributed by atoms with Gasteiger partial charge in [0.15, 0.2) is 11.2 Å². The second kappa shape index (κ2) is 5.17. The number of para-hydroxylation sites is 1. The maximum absolute atomic E-state index is 12.0. The van der Waals surface area contributed by atoms with E-state index in [4.69, 9.17) is 0 Å². The lowest BCUT2D eigenvalue weighted by Gasteiger charge is -2.12. The summed E-state index contributed by atoms with van der Waals surface area (Å²) >= 11 is 0. The standard InChI is InChI=1S/C15H17NO2/c1-3-11(2)15(18)10-16-9-8-14(17)12-6-4-5-7-13(12)16/h4-9,11H,3,10H2,1-2H3. The van der Waals surface area contributed by atoms with Gasteiger partial charge in [-0.3, -0.25) is 9.59 Å². The lowest BCUT2D eigenvalue weighted by Crippen LogP contribution is -2.19. The quantitative estimate of drug-likeness (QED) is 0.828. The monoisotopic (exact) mass is 243 g/mol.